The molecule has 2 N–H and O–H groups in total. The van der Waals surface area contributed by atoms with Crippen LogP contribution in [0.1, 0.15) is 11.4 Å². The number of nitro benzene ring substituents is 1. The number of aromatic nitrogens is 2. The summed E-state index contributed by atoms with van der Waals surface area (Å²) in [5.41, 5.74) is 5.37. The molecule has 3 aromatic carbocycles. The summed E-state index contributed by atoms with van der Waals surface area (Å²) >= 11 is 5.97. The second-order valence-corrected chi connectivity index (χ2v) is 7.02. The van der Waals surface area contributed by atoms with E-state index in [4.69, 9.17) is 11.6 Å². The van der Waals surface area contributed by atoms with Crippen molar-refractivity contribution in [3.8, 4) is 0 Å². The summed E-state index contributed by atoms with van der Waals surface area (Å²) in [5, 5.41) is 19.7. The molecule has 154 valence electrons. The number of para-hydroxylation sites is 1. The van der Waals surface area contributed by atoms with Crippen molar-refractivity contribution < 1.29 is 4.92 Å². The molecule has 31 heavy (non-hydrogen) atoms. The number of hydrazone groups is 1. The summed E-state index contributed by atoms with van der Waals surface area (Å²) < 4.78 is 0. The van der Waals surface area contributed by atoms with E-state index >= 15 is 0 Å². The van der Waals surface area contributed by atoms with Gasteiger partial charge in [0.15, 0.2) is 5.82 Å². The summed E-state index contributed by atoms with van der Waals surface area (Å²) in [6.45, 7) is 0.309. The molecule has 0 radical (unpaired) electrons. The van der Waals surface area contributed by atoms with Gasteiger partial charge < -0.3 is 10.7 Å². The topological polar surface area (TPSA) is 105 Å². The third-order valence-corrected chi connectivity index (χ3v) is 4.65. The van der Waals surface area contributed by atoms with Gasteiger partial charge in [0.25, 0.3) is 5.69 Å². The van der Waals surface area contributed by atoms with Crippen LogP contribution in [0.3, 0.4) is 0 Å². The lowest BCUT2D eigenvalue weighted by Gasteiger charge is -2.11. The lowest BCUT2D eigenvalue weighted by molar-refractivity contribution is -0.384. The SMILES string of the molecule is O=[N+]([O-])c1ccc(/C=N/NCc2nc(Nc3ccc(Cl)cc3)c3ccccc3n2)cc1. The van der Waals surface area contributed by atoms with Crippen LogP contribution >= 0.6 is 11.6 Å². The summed E-state index contributed by atoms with van der Waals surface area (Å²) in [6, 6.07) is 21.2. The van der Waals surface area contributed by atoms with Crippen molar-refractivity contribution in [1.82, 2.24) is 15.4 Å². The van der Waals surface area contributed by atoms with Gasteiger partial charge in [-0.2, -0.15) is 5.10 Å². The molecule has 9 heteroatoms. The van der Waals surface area contributed by atoms with Crippen LogP contribution in [0.4, 0.5) is 17.2 Å². The smallest absolute Gasteiger partial charge is 0.269 e. The van der Waals surface area contributed by atoms with Gasteiger partial charge in [-0.3, -0.25) is 10.1 Å². The Balaban J connectivity index is 1.49. The molecule has 0 saturated carbocycles. The van der Waals surface area contributed by atoms with Crippen molar-refractivity contribution in [2.75, 3.05) is 5.32 Å². The van der Waals surface area contributed by atoms with E-state index in [1.807, 2.05) is 48.5 Å². The predicted octanol–water partition coefficient (Wildman–Crippen LogP) is 5.06. The van der Waals surface area contributed by atoms with E-state index in [2.05, 4.69) is 25.8 Å². The molecular weight excluding hydrogens is 416 g/mol. The van der Waals surface area contributed by atoms with Gasteiger partial charge in [0.2, 0.25) is 0 Å². The molecule has 0 saturated heterocycles. The zero-order valence-corrected chi connectivity index (χ0v) is 17.0. The number of nitrogens with zero attached hydrogens (tertiary/aromatic N) is 4. The van der Waals surface area contributed by atoms with Gasteiger partial charge in [-0.25, -0.2) is 9.97 Å². The highest BCUT2D eigenvalue weighted by Gasteiger charge is 2.08. The molecule has 0 unspecified atom stereocenters. The van der Waals surface area contributed by atoms with Crippen LogP contribution in [-0.2, 0) is 6.54 Å². The van der Waals surface area contributed by atoms with Crippen molar-refractivity contribution in [2.24, 2.45) is 5.10 Å². The quantitative estimate of drug-likeness (QED) is 0.240. The lowest BCUT2D eigenvalue weighted by atomic mass is 10.2. The Kier molecular flexibility index (Phi) is 6.00. The minimum Gasteiger partial charge on any atom is -0.340 e. The first-order valence-corrected chi connectivity index (χ1v) is 9.75. The van der Waals surface area contributed by atoms with Crippen LogP contribution in [0, 0.1) is 10.1 Å². The number of hydrogen-bond donors (Lipinski definition) is 2. The highest BCUT2D eigenvalue weighted by Crippen LogP contribution is 2.24. The lowest BCUT2D eigenvalue weighted by Crippen LogP contribution is -2.10. The fourth-order valence-corrected chi connectivity index (χ4v) is 3.01. The molecule has 8 nitrogen and oxygen atoms in total. The van der Waals surface area contributed by atoms with Crippen LogP contribution in [-0.4, -0.2) is 21.1 Å². The zero-order valence-electron chi connectivity index (χ0n) is 16.2. The van der Waals surface area contributed by atoms with Crippen molar-refractivity contribution in [1.29, 1.82) is 0 Å². The molecule has 0 spiro atoms. The Bertz CT molecular complexity index is 1240. The number of nitro groups is 1. The van der Waals surface area contributed by atoms with E-state index in [1.54, 1.807) is 18.3 Å². The maximum atomic E-state index is 10.7. The fraction of sp³-hybridized carbons (Fsp3) is 0.0455. The Morgan fingerprint density at radius 1 is 1.00 bits per heavy atom. The molecule has 1 heterocycles. The fourth-order valence-electron chi connectivity index (χ4n) is 2.89. The standard InChI is InChI=1S/C22H17ClN6O2/c23-16-7-9-17(10-8-16)26-22-19-3-1-2-4-20(19)27-21(28-22)14-25-24-13-15-5-11-18(12-6-15)29(30)31/h1-13,25H,14H2,(H,26,27,28)/b24-13+. The Morgan fingerprint density at radius 2 is 1.74 bits per heavy atom. The van der Waals surface area contributed by atoms with E-state index in [0.29, 0.717) is 23.2 Å². The zero-order chi connectivity index (χ0) is 21.6. The number of nitrogens with one attached hydrogen (secondary N) is 2. The highest BCUT2D eigenvalue weighted by atomic mass is 35.5. The van der Waals surface area contributed by atoms with Crippen LogP contribution in [0.25, 0.3) is 10.9 Å². The van der Waals surface area contributed by atoms with Crippen LogP contribution in [0.5, 0.6) is 0 Å². The minimum atomic E-state index is -0.439. The molecule has 4 aromatic rings. The minimum absolute atomic E-state index is 0.0374. The molecule has 0 fully saturated rings. The van der Waals surface area contributed by atoms with Crippen molar-refractivity contribution >= 4 is 45.9 Å². The van der Waals surface area contributed by atoms with Gasteiger partial charge >= 0.3 is 0 Å². The predicted molar refractivity (Wildman–Crippen MR) is 122 cm³/mol. The maximum absolute atomic E-state index is 10.7. The molecule has 0 amide bonds. The Labute approximate surface area is 182 Å². The number of rotatable bonds is 7. The van der Waals surface area contributed by atoms with Gasteiger partial charge in [-0.15, -0.1) is 0 Å². The second kappa shape index (κ2) is 9.19. The van der Waals surface area contributed by atoms with Gasteiger partial charge in [0.05, 0.1) is 23.2 Å². The molecule has 0 aliphatic rings. The first-order valence-electron chi connectivity index (χ1n) is 9.37. The van der Waals surface area contributed by atoms with Crippen LogP contribution in [0.15, 0.2) is 77.9 Å². The second-order valence-electron chi connectivity index (χ2n) is 6.58. The molecular formula is C22H17ClN6O2. The summed E-state index contributed by atoms with van der Waals surface area (Å²) in [5.74, 6) is 1.25. The number of anilines is 2. The molecule has 4 rings (SSSR count). The normalized spacial score (nSPS) is 11.0. The maximum Gasteiger partial charge on any atom is 0.269 e. The van der Waals surface area contributed by atoms with Crippen molar-refractivity contribution in [3.05, 3.63) is 99.3 Å². The monoisotopic (exact) mass is 432 g/mol. The first-order chi connectivity index (χ1) is 15.1. The summed E-state index contributed by atoms with van der Waals surface area (Å²) in [6.07, 6.45) is 1.58. The highest BCUT2D eigenvalue weighted by molar-refractivity contribution is 6.30. The van der Waals surface area contributed by atoms with E-state index in [1.165, 1.54) is 12.1 Å². The third-order valence-electron chi connectivity index (χ3n) is 4.40. The molecule has 0 bridgehead atoms. The number of non-ortho nitro benzene ring substituents is 1. The van der Waals surface area contributed by atoms with Gasteiger partial charge in [0.1, 0.15) is 5.82 Å². The van der Waals surface area contributed by atoms with Crippen LogP contribution in [0.2, 0.25) is 5.02 Å². The Morgan fingerprint density at radius 3 is 2.48 bits per heavy atom. The van der Waals surface area contributed by atoms with Gasteiger partial charge in [0, 0.05) is 28.2 Å². The molecule has 0 aliphatic carbocycles. The molecule has 0 aliphatic heterocycles. The molecule has 1 aromatic heterocycles. The van der Waals surface area contributed by atoms with E-state index in [0.717, 1.165) is 22.2 Å². The van der Waals surface area contributed by atoms with E-state index in [9.17, 15) is 10.1 Å². The number of fused-ring (bicyclic) bond motifs is 1. The number of hydrogen-bond acceptors (Lipinski definition) is 7. The van der Waals surface area contributed by atoms with Gasteiger partial charge in [-0.1, -0.05) is 23.7 Å². The third kappa shape index (κ3) is 5.12. The average molecular weight is 433 g/mol. The summed E-state index contributed by atoms with van der Waals surface area (Å²) in [7, 11) is 0. The number of halogens is 1. The Hall–Kier alpha value is -4.04. The van der Waals surface area contributed by atoms with E-state index in [-0.39, 0.29) is 5.69 Å². The van der Waals surface area contributed by atoms with Crippen molar-refractivity contribution in [3.63, 3.8) is 0 Å². The van der Waals surface area contributed by atoms with Crippen LogP contribution < -0.4 is 10.7 Å². The van der Waals surface area contributed by atoms with E-state index < -0.39 is 4.92 Å². The average Bonchev–Trinajstić information content (AvgIpc) is 2.78. The summed E-state index contributed by atoms with van der Waals surface area (Å²) in [4.78, 5) is 19.5. The number of benzene rings is 3. The van der Waals surface area contributed by atoms with Crippen molar-refractivity contribution in [2.45, 2.75) is 6.54 Å². The molecule has 0 atom stereocenters. The first kappa shape index (κ1) is 20.2. The largest absolute Gasteiger partial charge is 0.340 e. The van der Waals surface area contributed by atoms with Gasteiger partial charge in [-0.05, 0) is 54.1 Å².